The molecule has 0 radical (unpaired) electrons. The molecule has 3 atom stereocenters. The average Bonchev–Trinajstić information content (AvgIpc) is 2.20. The molecule has 0 N–H and O–H groups in total. The molecule has 11 heavy (non-hydrogen) atoms. The normalized spacial score (nSPS) is 53.5. The highest BCUT2D eigenvalue weighted by molar-refractivity contribution is 9.09. The van der Waals surface area contributed by atoms with Crippen LogP contribution in [0.4, 0.5) is 0 Å². The van der Waals surface area contributed by atoms with Gasteiger partial charge < -0.3 is 0 Å². The van der Waals surface area contributed by atoms with Gasteiger partial charge in [0, 0.05) is 4.83 Å². The summed E-state index contributed by atoms with van der Waals surface area (Å²) < 4.78 is 0. The zero-order valence-corrected chi connectivity index (χ0v) is 9.24. The van der Waals surface area contributed by atoms with Crippen molar-refractivity contribution in [1.29, 1.82) is 0 Å². The third kappa shape index (κ3) is 0.760. The van der Waals surface area contributed by atoms with E-state index in [1.165, 1.54) is 19.3 Å². The molecule has 0 spiro atoms. The Kier molecular flexibility index (Phi) is 1.50. The molecule has 0 heterocycles. The maximum absolute atomic E-state index is 3.83. The van der Waals surface area contributed by atoms with Crippen LogP contribution in [-0.4, -0.2) is 4.83 Å². The van der Waals surface area contributed by atoms with Crippen molar-refractivity contribution in [2.24, 2.45) is 16.7 Å². The minimum atomic E-state index is 0.581. The van der Waals surface area contributed by atoms with Gasteiger partial charge in [-0.15, -0.1) is 0 Å². The molecule has 0 aromatic carbocycles. The molecule has 64 valence electrons. The lowest BCUT2D eigenvalue weighted by Crippen LogP contribution is -2.32. The van der Waals surface area contributed by atoms with Crippen LogP contribution in [0, 0.1) is 16.7 Å². The molecule has 2 rings (SSSR count). The van der Waals surface area contributed by atoms with Crippen LogP contribution in [0.1, 0.15) is 40.0 Å². The first-order valence-electron chi connectivity index (χ1n) is 4.62. The second-order valence-electron chi connectivity index (χ2n) is 5.08. The molecule has 3 unspecified atom stereocenters. The van der Waals surface area contributed by atoms with Gasteiger partial charge in [0.25, 0.3) is 0 Å². The van der Waals surface area contributed by atoms with E-state index in [2.05, 4.69) is 36.7 Å². The summed E-state index contributed by atoms with van der Waals surface area (Å²) >= 11 is 3.83. The molecule has 0 aromatic rings. The van der Waals surface area contributed by atoms with E-state index in [-0.39, 0.29) is 0 Å². The summed E-state index contributed by atoms with van der Waals surface area (Å²) in [5, 5.41) is 0. The van der Waals surface area contributed by atoms with E-state index >= 15 is 0 Å². The van der Waals surface area contributed by atoms with Gasteiger partial charge in [-0.05, 0) is 36.0 Å². The van der Waals surface area contributed by atoms with Gasteiger partial charge in [-0.1, -0.05) is 36.7 Å². The second-order valence-corrected chi connectivity index (χ2v) is 6.18. The van der Waals surface area contributed by atoms with Crippen LogP contribution in [0.15, 0.2) is 0 Å². The Balaban J connectivity index is 2.40. The van der Waals surface area contributed by atoms with Crippen molar-refractivity contribution in [2.45, 2.75) is 44.9 Å². The number of halogens is 1. The number of hydrogen-bond donors (Lipinski definition) is 0. The third-order valence-electron chi connectivity index (χ3n) is 4.69. The van der Waals surface area contributed by atoms with E-state index in [0.717, 1.165) is 10.7 Å². The first-order valence-corrected chi connectivity index (χ1v) is 5.54. The number of fused-ring (bicyclic) bond motifs is 2. The van der Waals surface area contributed by atoms with Crippen LogP contribution >= 0.6 is 15.9 Å². The van der Waals surface area contributed by atoms with Gasteiger partial charge in [0.05, 0.1) is 0 Å². The molecular weight excluding hydrogens is 200 g/mol. The minimum Gasteiger partial charge on any atom is -0.0884 e. The lowest BCUT2D eigenvalue weighted by molar-refractivity contribution is 0.158. The predicted octanol–water partition coefficient (Wildman–Crippen LogP) is 3.60. The number of alkyl halides is 1. The first-order chi connectivity index (χ1) is 4.98. The first kappa shape index (κ1) is 8.10. The summed E-state index contributed by atoms with van der Waals surface area (Å²) in [5.74, 6) is 0.983. The highest BCUT2D eigenvalue weighted by Gasteiger charge is 2.60. The predicted molar refractivity (Wildman–Crippen MR) is 51.9 cm³/mol. The van der Waals surface area contributed by atoms with Crippen molar-refractivity contribution >= 4 is 15.9 Å². The highest BCUT2D eigenvalue weighted by atomic mass is 79.9. The molecule has 0 aliphatic heterocycles. The molecule has 2 fully saturated rings. The van der Waals surface area contributed by atoms with Gasteiger partial charge in [0.2, 0.25) is 0 Å². The van der Waals surface area contributed by atoms with Crippen LogP contribution in [0.5, 0.6) is 0 Å². The summed E-state index contributed by atoms with van der Waals surface area (Å²) in [4.78, 5) is 0.781. The summed E-state index contributed by atoms with van der Waals surface area (Å²) in [5.41, 5.74) is 1.17. The van der Waals surface area contributed by atoms with Gasteiger partial charge in [-0.3, -0.25) is 0 Å². The van der Waals surface area contributed by atoms with Crippen LogP contribution in [0.2, 0.25) is 0 Å². The molecular formula is C10H17Br. The van der Waals surface area contributed by atoms with Crippen molar-refractivity contribution in [3.05, 3.63) is 0 Å². The quantitative estimate of drug-likeness (QED) is 0.544. The summed E-state index contributed by atoms with van der Waals surface area (Å²) in [6.45, 7) is 7.36. The van der Waals surface area contributed by atoms with Crippen LogP contribution in [0.3, 0.4) is 0 Å². The fourth-order valence-electron chi connectivity index (χ4n) is 3.11. The zero-order valence-electron chi connectivity index (χ0n) is 7.65. The van der Waals surface area contributed by atoms with Gasteiger partial charge in [-0.25, -0.2) is 0 Å². The Labute approximate surface area is 77.9 Å². The molecule has 2 bridgehead atoms. The van der Waals surface area contributed by atoms with Crippen LogP contribution < -0.4 is 0 Å². The third-order valence-corrected chi connectivity index (χ3v) is 6.07. The molecule has 2 aliphatic rings. The standard InChI is InChI=1S/C10H17Br/c1-9(2)7-4-5-10(9,3)8(11)6-7/h7-8H,4-6H2,1-3H3. The van der Waals surface area contributed by atoms with Gasteiger partial charge in [0.15, 0.2) is 0 Å². The Hall–Kier alpha value is 0.480. The van der Waals surface area contributed by atoms with Crippen molar-refractivity contribution in [1.82, 2.24) is 0 Å². The second kappa shape index (κ2) is 2.04. The van der Waals surface area contributed by atoms with Crippen molar-refractivity contribution in [3.8, 4) is 0 Å². The highest BCUT2D eigenvalue weighted by Crippen LogP contribution is 2.67. The summed E-state index contributed by atoms with van der Waals surface area (Å²) in [6, 6.07) is 0. The summed E-state index contributed by atoms with van der Waals surface area (Å²) in [7, 11) is 0. The van der Waals surface area contributed by atoms with E-state index in [0.29, 0.717) is 10.8 Å². The average molecular weight is 217 g/mol. The Morgan fingerprint density at radius 2 is 1.91 bits per heavy atom. The van der Waals surface area contributed by atoms with Gasteiger partial charge in [-0.2, -0.15) is 0 Å². The number of rotatable bonds is 0. The molecule has 0 saturated heterocycles. The van der Waals surface area contributed by atoms with E-state index in [1.54, 1.807) is 0 Å². The molecule has 0 aromatic heterocycles. The van der Waals surface area contributed by atoms with Crippen molar-refractivity contribution in [3.63, 3.8) is 0 Å². The van der Waals surface area contributed by atoms with Crippen molar-refractivity contribution in [2.75, 3.05) is 0 Å². The van der Waals surface area contributed by atoms with E-state index in [4.69, 9.17) is 0 Å². The maximum Gasteiger partial charge on any atom is 0.0207 e. The van der Waals surface area contributed by atoms with E-state index in [1.807, 2.05) is 0 Å². The Morgan fingerprint density at radius 3 is 2.09 bits per heavy atom. The van der Waals surface area contributed by atoms with E-state index in [9.17, 15) is 0 Å². The van der Waals surface area contributed by atoms with Crippen molar-refractivity contribution < 1.29 is 0 Å². The summed E-state index contributed by atoms with van der Waals surface area (Å²) in [6.07, 6.45) is 4.30. The van der Waals surface area contributed by atoms with Crippen LogP contribution in [-0.2, 0) is 0 Å². The lowest BCUT2D eigenvalue weighted by Gasteiger charge is -2.36. The smallest absolute Gasteiger partial charge is 0.0207 e. The Bertz CT molecular complexity index is 185. The zero-order chi connectivity index (χ0) is 8.28. The molecule has 2 saturated carbocycles. The van der Waals surface area contributed by atoms with Gasteiger partial charge >= 0.3 is 0 Å². The maximum atomic E-state index is 3.83. The van der Waals surface area contributed by atoms with Crippen LogP contribution in [0.25, 0.3) is 0 Å². The lowest BCUT2D eigenvalue weighted by atomic mass is 9.71. The Morgan fingerprint density at radius 1 is 1.27 bits per heavy atom. The number of hydrogen-bond acceptors (Lipinski definition) is 0. The SMILES string of the molecule is CC1(C)C2CCC1(C)C(Br)C2. The fraction of sp³-hybridized carbons (Fsp3) is 1.00. The monoisotopic (exact) mass is 216 g/mol. The van der Waals surface area contributed by atoms with E-state index < -0.39 is 0 Å². The molecule has 0 amide bonds. The topological polar surface area (TPSA) is 0 Å². The van der Waals surface area contributed by atoms with Gasteiger partial charge in [0.1, 0.15) is 0 Å². The molecule has 1 heteroatoms. The fourth-order valence-corrected chi connectivity index (χ4v) is 4.38. The molecule has 2 aliphatic carbocycles. The largest absolute Gasteiger partial charge is 0.0884 e. The molecule has 0 nitrogen and oxygen atoms in total. The minimum absolute atomic E-state index is 0.581.